The summed E-state index contributed by atoms with van der Waals surface area (Å²) < 4.78 is 35.6. The van der Waals surface area contributed by atoms with Crippen molar-refractivity contribution in [1.29, 1.82) is 0 Å². The van der Waals surface area contributed by atoms with Crippen molar-refractivity contribution >= 4 is 34.7 Å². The van der Waals surface area contributed by atoms with Gasteiger partial charge in [0, 0.05) is 18.5 Å². The van der Waals surface area contributed by atoms with E-state index in [9.17, 15) is 13.2 Å². The number of nitrogens with two attached hydrogens (primary N) is 1. The number of hydrogen-bond acceptors (Lipinski definition) is 4. The van der Waals surface area contributed by atoms with Gasteiger partial charge in [-0.3, -0.25) is 4.98 Å². The number of nitrogens with one attached hydrogen (secondary N) is 1. The number of thiocarbonyl (C=S) groups is 1. The third kappa shape index (κ3) is 5.22. The van der Waals surface area contributed by atoms with Crippen molar-refractivity contribution in [3.05, 3.63) is 24.0 Å². The van der Waals surface area contributed by atoms with E-state index < -0.39 is 5.51 Å². The zero-order valence-corrected chi connectivity index (χ0v) is 10.3. The summed E-state index contributed by atoms with van der Waals surface area (Å²) in [5, 5.41) is 2.82. The van der Waals surface area contributed by atoms with E-state index in [0.717, 1.165) is 0 Å². The molecule has 8 heteroatoms. The number of aromatic nitrogens is 1. The van der Waals surface area contributed by atoms with E-state index in [0.29, 0.717) is 11.4 Å². The average Bonchev–Trinajstić information content (AvgIpc) is 2.23. The van der Waals surface area contributed by atoms with Gasteiger partial charge in [-0.25, -0.2) is 0 Å². The number of nitrogens with zero attached hydrogens (tertiary/aromatic N) is 1. The maximum absolute atomic E-state index is 11.9. The van der Waals surface area contributed by atoms with E-state index in [1.54, 1.807) is 12.1 Å². The van der Waals surface area contributed by atoms with E-state index >= 15 is 0 Å². The van der Waals surface area contributed by atoms with Gasteiger partial charge in [-0.05, 0) is 23.9 Å². The van der Waals surface area contributed by atoms with Crippen LogP contribution in [-0.2, 0) is 0 Å². The monoisotopic (exact) mass is 281 g/mol. The van der Waals surface area contributed by atoms with Crippen LogP contribution >= 0.6 is 24.0 Å². The molecule has 0 radical (unpaired) electrons. The summed E-state index contributed by atoms with van der Waals surface area (Å²) >= 11 is 4.70. The van der Waals surface area contributed by atoms with E-state index in [4.69, 9.17) is 18.0 Å². The van der Waals surface area contributed by atoms with Crippen LogP contribution in [0.3, 0.4) is 0 Å². The zero-order chi connectivity index (χ0) is 12.9. The predicted molar refractivity (Wildman–Crippen MR) is 67.1 cm³/mol. The molecule has 1 heterocycles. The van der Waals surface area contributed by atoms with Gasteiger partial charge in [-0.2, -0.15) is 13.2 Å². The Morgan fingerprint density at radius 3 is 2.82 bits per heavy atom. The lowest BCUT2D eigenvalue weighted by Gasteiger charge is -2.10. The molecule has 0 atom stereocenters. The van der Waals surface area contributed by atoms with Crippen LogP contribution in [-0.4, -0.2) is 27.8 Å². The second-order valence-electron chi connectivity index (χ2n) is 2.98. The van der Waals surface area contributed by atoms with Gasteiger partial charge >= 0.3 is 5.51 Å². The average molecular weight is 281 g/mol. The van der Waals surface area contributed by atoms with E-state index in [1.807, 2.05) is 0 Å². The number of halogens is 3. The van der Waals surface area contributed by atoms with E-state index in [-0.39, 0.29) is 29.0 Å². The van der Waals surface area contributed by atoms with Crippen LogP contribution in [0.1, 0.15) is 5.69 Å². The minimum absolute atomic E-state index is 0.0799. The second-order valence-corrected chi connectivity index (χ2v) is 4.58. The van der Waals surface area contributed by atoms with Crippen molar-refractivity contribution < 1.29 is 13.2 Å². The van der Waals surface area contributed by atoms with Crippen molar-refractivity contribution in [1.82, 2.24) is 4.98 Å². The maximum atomic E-state index is 11.9. The van der Waals surface area contributed by atoms with Crippen molar-refractivity contribution in [2.45, 2.75) is 5.51 Å². The Morgan fingerprint density at radius 2 is 2.24 bits per heavy atom. The highest BCUT2D eigenvalue weighted by Crippen LogP contribution is 2.29. The Labute approximate surface area is 106 Å². The van der Waals surface area contributed by atoms with Crippen LogP contribution < -0.4 is 11.1 Å². The van der Waals surface area contributed by atoms with Crippen LogP contribution in [0.5, 0.6) is 0 Å². The molecule has 0 unspecified atom stereocenters. The van der Waals surface area contributed by atoms with Gasteiger partial charge < -0.3 is 11.1 Å². The molecular weight excluding hydrogens is 271 g/mol. The molecule has 0 amide bonds. The first-order valence-corrected chi connectivity index (χ1v) is 5.99. The molecule has 0 aliphatic heterocycles. The Kier molecular flexibility index (Phi) is 5.01. The fourth-order valence-electron chi connectivity index (χ4n) is 1.10. The summed E-state index contributed by atoms with van der Waals surface area (Å²) in [5.74, 6) is -0.0881. The largest absolute Gasteiger partial charge is 0.441 e. The molecule has 0 fully saturated rings. The Bertz CT molecular complexity index is 395. The summed E-state index contributed by atoms with van der Waals surface area (Å²) in [6.45, 7) is 0.158. The number of pyridine rings is 1. The highest BCUT2D eigenvalue weighted by Gasteiger charge is 2.27. The normalized spacial score (nSPS) is 11.2. The standard InChI is InChI=1S/C9H10F3N3S2/c10-9(11,12)17-5-4-14-6-2-1-3-15-7(6)8(13)16/h1-3,14H,4-5H2,(H2,13,16). The number of hydrogen-bond donors (Lipinski definition) is 2. The van der Waals surface area contributed by atoms with Gasteiger partial charge in [0.05, 0.1) is 5.69 Å². The molecular formula is C9H10F3N3S2. The Balaban J connectivity index is 2.49. The molecule has 3 N–H and O–H groups in total. The molecule has 0 saturated carbocycles. The highest BCUT2D eigenvalue weighted by molar-refractivity contribution is 8.00. The molecule has 1 aromatic heterocycles. The van der Waals surface area contributed by atoms with Crippen LogP contribution in [0.4, 0.5) is 18.9 Å². The highest BCUT2D eigenvalue weighted by atomic mass is 32.2. The predicted octanol–water partition coefficient (Wildman–Crippen LogP) is 2.38. The van der Waals surface area contributed by atoms with Crippen LogP contribution in [0.15, 0.2) is 18.3 Å². The second kappa shape index (κ2) is 6.06. The van der Waals surface area contributed by atoms with Crippen LogP contribution in [0.25, 0.3) is 0 Å². The lowest BCUT2D eigenvalue weighted by molar-refractivity contribution is -0.0327. The zero-order valence-electron chi connectivity index (χ0n) is 8.62. The first kappa shape index (κ1) is 14.0. The minimum Gasteiger partial charge on any atom is -0.388 e. The van der Waals surface area contributed by atoms with Crippen molar-refractivity contribution in [2.24, 2.45) is 5.73 Å². The molecule has 0 spiro atoms. The summed E-state index contributed by atoms with van der Waals surface area (Å²) in [7, 11) is 0. The Hall–Kier alpha value is -1.02. The van der Waals surface area contributed by atoms with Crippen molar-refractivity contribution in [3.8, 4) is 0 Å². The lowest BCUT2D eigenvalue weighted by atomic mass is 10.3. The fourth-order valence-corrected chi connectivity index (χ4v) is 1.70. The van der Waals surface area contributed by atoms with Crippen molar-refractivity contribution in [3.63, 3.8) is 0 Å². The van der Waals surface area contributed by atoms with Gasteiger partial charge in [0.2, 0.25) is 0 Å². The van der Waals surface area contributed by atoms with Crippen molar-refractivity contribution in [2.75, 3.05) is 17.6 Å². The first-order chi connectivity index (χ1) is 7.90. The lowest BCUT2D eigenvalue weighted by Crippen LogP contribution is -2.16. The SMILES string of the molecule is NC(=S)c1ncccc1NCCSC(F)(F)F. The molecule has 17 heavy (non-hydrogen) atoms. The molecule has 3 nitrogen and oxygen atoms in total. The van der Waals surface area contributed by atoms with Gasteiger partial charge in [0.15, 0.2) is 0 Å². The number of thioether (sulfide) groups is 1. The van der Waals surface area contributed by atoms with Crippen LogP contribution in [0.2, 0.25) is 0 Å². The molecule has 0 aliphatic carbocycles. The topological polar surface area (TPSA) is 50.9 Å². The third-order valence-electron chi connectivity index (χ3n) is 1.72. The van der Waals surface area contributed by atoms with Gasteiger partial charge in [-0.15, -0.1) is 0 Å². The summed E-state index contributed by atoms with van der Waals surface area (Å²) in [6, 6.07) is 3.32. The molecule has 1 rings (SSSR count). The number of anilines is 1. The molecule has 1 aromatic rings. The van der Waals surface area contributed by atoms with Crippen LogP contribution in [0, 0.1) is 0 Å². The smallest absolute Gasteiger partial charge is 0.388 e. The van der Waals surface area contributed by atoms with Gasteiger partial charge in [0.25, 0.3) is 0 Å². The molecule has 0 aliphatic rings. The quantitative estimate of drug-likeness (QED) is 0.641. The molecule has 0 aromatic carbocycles. The summed E-state index contributed by atoms with van der Waals surface area (Å²) in [4.78, 5) is 4.06. The number of alkyl halides is 3. The van der Waals surface area contributed by atoms with Gasteiger partial charge in [-0.1, -0.05) is 12.2 Å². The Morgan fingerprint density at radius 1 is 1.53 bits per heavy atom. The first-order valence-electron chi connectivity index (χ1n) is 4.59. The molecule has 0 saturated heterocycles. The van der Waals surface area contributed by atoms with E-state index in [2.05, 4.69) is 10.3 Å². The summed E-state index contributed by atoms with van der Waals surface area (Å²) in [5.41, 5.74) is 2.16. The number of rotatable bonds is 5. The molecule has 0 bridgehead atoms. The third-order valence-corrected chi connectivity index (χ3v) is 2.65. The van der Waals surface area contributed by atoms with E-state index in [1.165, 1.54) is 6.20 Å². The molecule has 94 valence electrons. The summed E-state index contributed by atoms with van der Waals surface area (Å²) in [6.07, 6.45) is 1.52. The minimum atomic E-state index is -4.21. The maximum Gasteiger partial charge on any atom is 0.441 e. The fraction of sp³-hybridized carbons (Fsp3) is 0.333. The van der Waals surface area contributed by atoms with Gasteiger partial charge in [0.1, 0.15) is 10.7 Å².